The van der Waals surface area contributed by atoms with E-state index in [1.807, 2.05) is 58.0 Å². The van der Waals surface area contributed by atoms with Crippen molar-refractivity contribution in [1.82, 2.24) is 15.1 Å². The molecule has 0 spiro atoms. The number of carbonyl (C=O) groups excluding carboxylic acids is 1. The Morgan fingerprint density at radius 3 is 2.81 bits per heavy atom. The molecule has 2 atom stereocenters. The summed E-state index contributed by atoms with van der Waals surface area (Å²) in [4.78, 5) is 18.0. The van der Waals surface area contributed by atoms with Crippen LogP contribution in [-0.4, -0.2) is 34.0 Å². The van der Waals surface area contributed by atoms with Gasteiger partial charge in [-0.2, -0.15) is 5.10 Å². The minimum atomic E-state index is -1.16. The Kier molecular flexibility index (Phi) is 5.00. The molecule has 0 aliphatic carbocycles. The van der Waals surface area contributed by atoms with Crippen molar-refractivity contribution in [2.45, 2.75) is 46.2 Å². The lowest BCUT2D eigenvalue weighted by atomic mass is 9.94. The molecule has 3 rings (SSSR count). The SMILES string of the molecule is [2H]C1(Cc2ccccc2)ON=C(CNC(=O)c2cc(C)nn2C(C)C)C1C. The summed E-state index contributed by atoms with van der Waals surface area (Å²) in [6.07, 6.45) is -0.715. The molecule has 1 amide bonds. The van der Waals surface area contributed by atoms with E-state index in [1.54, 1.807) is 10.7 Å². The maximum atomic E-state index is 12.6. The number of rotatable bonds is 6. The molecule has 2 heterocycles. The van der Waals surface area contributed by atoms with Crippen molar-refractivity contribution in [2.24, 2.45) is 11.1 Å². The van der Waals surface area contributed by atoms with Gasteiger partial charge in [0.15, 0.2) is 0 Å². The number of nitrogens with one attached hydrogen (secondary N) is 1. The molecule has 2 aromatic rings. The molecule has 1 aliphatic rings. The van der Waals surface area contributed by atoms with E-state index in [9.17, 15) is 4.79 Å². The number of oxime groups is 1. The smallest absolute Gasteiger partial charge is 0.269 e. The topological polar surface area (TPSA) is 68.5 Å². The van der Waals surface area contributed by atoms with Gasteiger partial charge in [0.25, 0.3) is 5.91 Å². The maximum absolute atomic E-state index is 12.6. The first kappa shape index (κ1) is 16.8. The highest BCUT2D eigenvalue weighted by atomic mass is 16.6. The molecule has 1 N–H and O–H groups in total. The average Bonchev–Trinajstić information content (AvgIpc) is 3.15. The zero-order chi connectivity index (χ0) is 19.6. The van der Waals surface area contributed by atoms with Crippen LogP contribution in [0.5, 0.6) is 0 Å². The highest BCUT2D eigenvalue weighted by molar-refractivity contribution is 5.97. The average molecular weight is 355 g/mol. The zero-order valence-corrected chi connectivity index (χ0v) is 15.7. The second-order valence-electron chi connectivity index (χ2n) is 6.92. The molecule has 26 heavy (non-hydrogen) atoms. The van der Waals surface area contributed by atoms with Crippen LogP contribution in [0.2, 0.25) is 0 Å². The Morgan fingerprint density at radius 1 is 1.38 bits per heavy atom. The minimum absolute atomic E-state index is 0.0947. The molecular formula is C20H26N4O2. The van der Waals surface area contributed by atoms with Crippen LogP contribution in [0.1, 0.15) is 49.9 Å². The Morgan fingerprint density at radius 2 is 2.12 bits per heavy atom. The van der Waals surface area contributed by atoms with E-state index in [2.05, 4.69) is 15.6 Å². The van der Waals surface area contributed by atoms with Crippen LogP contribution in [0.25, 0.3) is 0 Å². The lowest BCUT2D eigenvalue weighted by molar-refractivity contribution is 0.0660. The van der Waals surface area contributed by atoms with Gasteiger partial charge in [-0.05, 0) is 32.4 Å². The number of benzene rings is 1. The van der Waals surface area contributed by atoms with Crippen LogP contribution in [0, 0.1) is 12.8 Å². The van der Waals surface area contributed by atoms with Crippen LogP contribution in [0.15, 0.2) is 41.6 Å². The summed E-state index contributed by atoms with van der Waals surface area (Å²) in [5.74, 6) is -0.431. The van der Waals surface area contributed by atoms with Gasteiger partial charge in [-0.1, -0.05) is 42.4 Å². The van der Waals surface area contributed by atoms with Crippen molar-refractivity contribution in [1.29, 1.82) is 0 Å². The fourth-order valence-electron chi connectivity index (χ4n) is 2.97. The molecular weight excluding hydrogens is 328 g/mol. The van der Waals surface area contributed by atoms with Crippen molar-refractivity contribution >= 4 is 11.6 Å². The van der Waals surface area contributed by atoms with Crippen molar-refractivity contribution in [3.05, 3.63) is 53.3 Å². The third kappa shape index (κ3) is 3.95. The normalized spacial score (nSPS) is 22.7. The zero-order valence-electron chi connectivity index (χ0n) is 16.7. The molecule has 1 aromatic carbocycles. The monoisotopic (exact) mass is 355 g/mol. The second kappa shape index (κ2) is 7.72. The van der Waals surface area contributed by atoms with Gasteiger partial charge in [0, 0.05) is 18.4 Å². The molecule has 6 nitrogen and oxygen atoms in total. The van der Waals surface area contributed by atoms with Gasteiger partial charge in [0.05, 0.1) is 19.3 Å². The number of aromatic nitrogens is 2. The first-order valence-electron chi connectivity index (χ1n) is 9.43. The van der Waals surface area contributed by atoms with E-state index < -0.39 is 6.08 Å². The van der Waals surface area contributed by atoms with Gasteiger partial charge < -0.3 is 10.2 Å². The largest absolute Gasteiger partial charge is 0.391 e. The Bertz CT molecular complexity index is 847. The fourth-order valence-corrected chi connectivity index (χ4v) is 2.97. The molecule has 138 valence electrons. The van der Waals surface area contributed by atoms with E-state index in [0.717, 1.165) is 11.3 Å². The minimum Gasteiger partial charge on any atom is -0.391 e. The van der Waals surface area contributed by atoms with E-state index in [-0.39, 0.29) is 24.4 Å². The van der Waals surface area contributed by atoms with E-state index in [1.165, 1.54) is 0 Å². The molecule has 0 radical (unpaired) electrons. The molecule has 1 aliphatic heterocycles. The Labute approximate surface area is 155 Å². The first-order chi connectivity index (χ1) is 12.8. The number of amides is 1. The van der Waals surface area contributed by atoms with Gasteiger partial charge in [-0.3, -0.25) is 9.48 Å². The number of hydrogen-bond acceptors (Lipinski definition) is 4. The maximum Gasteiger partial charge on any atom is 0.269 e. The van der Waals surface area contributed by atoms with E-state index >= 15 is 0 Å². The summed E-state index contributed by atoms with van der Waals surface area (Å²) in [5.41, 5.74) is 3.02. The van der Waals surface area contributed by atoms with Crippen LogP contribution in [0.4, 0.5) is 0 Å². The van der Waals surface area contributed by atoms with Crippen LogP contribution in [0.3, 0.4) is 0 Å². The quantitative estimate of drug-likeness (QED) is 0.865. The third-order valence-electron chi connectivity index (χ3n) is 4.49. The van der Waals surface area contributed by atoms with E-state index in [4.69, 9.17) is 6.21 Å². The predicted molar refractivity (Wildman–Crippen MR) is 101 cm³/mol. The number of hydrogen-bond donors (Lipinski definition) is 1. The van der Waals surface area contributed by atoms with Crippen molar-refractivity contribution in [3.63, 3.8) is 0 Å². The van der Waals surface area contributed by atoms with Crippen molar-refractivity contribution in [2.75, 3.05) is 6.54 Å². The van der Waals surface area contributed by atoms with Gasteiger partial charge >= 0.3 is 0 Å². The van der Waals surface area contributed by atoms with E-state index in [0.29, 0.717) is 17.8 Å². The fraction of sp³-hybridized carbons (Fsp3) is 0.450. The standard InChI is InChI=1S/C20H26N4O2/c1-13(2)24-18(10-14(3)22-24)20(25)21-12-17-15(4)19(26-23-17)11-16-8-6-5-7-9-16/h5-10,13,15,19H,11-12H2,1-4H3,(H,21,25)/i19D. The molecule has 6 heteroatoms. The highest BCUT2D eigenvalue weighted by Gasteiger charge is 2.30. The van der Waals surface area contributed by atoms with Crippen LogP contribution >= 0.6 is 0 Å². The van der Waals surface area contributed by atoms with Crippen LogP contribution < -0.4 is 5.32 Å². The molecule has 0 saturated heterocycles. The van der Waals surface area contributed by atoms with Gasteiger partial charge in [0.2, 0.25) is 0 Å². The molecule has 2 unspecified atom stereocenters. The lowest BCUT2D eigenvalue weighted by Gasteiger charge is -2.15. The summed E-state index contributed by atoms with van der Waals surface area (Å²) in [6.45, 7) is 8.00. The molecule has 0 bridgehead atoms. The summed E-state index contributed by atoms with van der Waals surface area (Å²) >= 11 is 0. The van der Waals surface area contributed by atoms with Crippen LogP contribution in [-0.2, 0) is 11.3 Å². The summed E-state index contributed by atoms with van der Waals surface area (Å²) < 4.78 is 10.3. The number of nitrogens with zero attached hydrogens (tertiary/aromatic N) is 3. The Balaban J connectivity index is 1.63. The summed E-state index contributed by atoms with van der Waals surface area (Å²) in [6, 6.07) is 11.6. The number of carbonyl (C=O) groups is 1. The molecule has 0 fully saturated rings. The predicted octanol–water partition coefficient (Wildman–Crippen LogP) is 3.14. The van der Waals surface area contributed by atoms with Gasteiger partial charge in [0.1, 0.15) is 11.8 Å². The first-order valence-corrected chi connectivity index (χ1v) is 8.93. The third-order valence-corrected chi connectivity index (χ3v) is 4.49. The second-order valence-corrected chi connectivity index (χ2v) is 6.92. The van der Waals surface area contributed by atoms with Gasteiger partial charge in [-0.25, -0.2) is 0 Å². The summed E-state index contributed by atoms with van der Waals surface area (Å²) in [5, 5.41) is 11.3. The van der Waals surface area contributed by atoms with Crippen molar-refractivity contribution in [3.8, 4) is 0 Å². The Hall–Kier alpha value is -2.63. The highest BCUT2D eigenvalue weighted by Crippen LogP contribution is 2.22. The lowest BCUT2D eigenvalue weighted by Crippen LogP contribution is -2.35. The molecule has 1 aromatic heterocycles. The number of aryl methyl sites for hydroxylation is 1. The molecule has 0 saturated carbocycles. The van der Waals surface area contributed by atoms with Crippen molar-refractivity contribution < 1.29 is 11.0 Å². The summed E-state index contributed by atoms with van der Waals surface area (Å²) in [7, 11) is 0. The van der Waals surface area contributed by atoms with Gasteiger partial charge in [-0.15, -0.1) is 0 Å².